The summed E-state index contributed by atoms with van der Waals surface area (Å²) in [7, 11) is 0. The van der Waals surface area contributed by atoms with E-state index in [0.29, 0.717) is 10.4 Å². The molecule has 1 atom stereocenters. The zero-order valence-corrected chi connectivity index (χ0v) is 18.7. The molecule has 1 nitrogen and oxygen atoms in total. The summed E-state index contributed by atoms with van der Waals surface area (Å²) in [5.74, 6) is 0. The van der Waals surface area contributed by atoms with E-state index in [1.165, 1.54) is 89.9 Å². The lowest BCUT2D eigenvalue weighted by atomic mass is 10.0. The van der Waals surface area contributed by atoms with Crippen LogP contribution in [-0.4, -0.2) is 15.7 Å². The van der Waals surface area contributed by atoms with Crippen LogP contribution in [0.2, 0.25) is 0 Å². The van der Waals surface area contributed by atoms with Crippen molar-refractivity contribution in [1.29, 1.82) is 0 Å². The van der Waals surface area contributed by atoms with E-state index in [2.05, 4.69) is 29.8 Å². The lowest BCUT2D eigenvalue weighted by Crippen LogP contribution is -2.07. The van der Waals surface area contributed by atoms with Gasteiger partial charge >= 0.3 is 0 Å². The van der Waals surface area contributed by atoms with Crippen molar-refractivity contribution in [2.24, 2.45) is 0 Å². The van der Waals surface area contributed by atoms with Crippen LogP contribution in [0.1, 0.15) is 117 Å². The molecule has 0 aromatic carbocycles. The van der Waals surface area contributed by atoms with Gasteiger partial charge in [0.15, 0.2) is 5.12 Å². The smallest absolute Gasteiger partial charge is 0.189 e. The molecule has 24 heavy (non-hydrogen) atoms. The topological polar surface area (TPSA) is 17.1 Å². The Morgan fingerprint density at radius 3 is 1.83 bits per heavy atom. The number of thioether (sulfide) groups is 1. The molecule has 0 rings (SSSR count). The minimum atomic E-state index is 0.441. The zero-order valence-electron chi connectivity index (χ0n) is 16.3. The molecule has 0 radical (unpaired) electrons. The Labute approximate surface area is 164 Å². The van der Waals surface area contributed by atoms with E-state index in [4.69, 9.17) is 0 Å². The molecule has 0 bridgehead atoms. The summed E-state index contributed by atoms with van der Waals surface area (Å²) in [6, 6.07) is 0. The summed E-state index contributed by atoms with van der Waals surface area (Å²) in [5, 5.41) is 2.08. The van der Waals surface area contributed by atoms with Gasteiger partial charge in [0.05, 0.1) is 0 Å². The molecule has 0 saturated heterocycles. The van der Waals surface area contributed by atoms with Crippen molar-refractivity contribution in [2.75, 3.05) is 5.33 Å². The Morgan fingerprint density at radius 1 is 0.750 bits per heavy atom. The molecule has 0 aromatic rings. The summed E-state index contributed by atoms with van der Waals surface area (Å²) in [5.41, 5.74) is 0. The third-order valence-electron chi connectivity index (χ3n) is 4.57. The molecule has 3 heteroatoms. The van der Waals surface area contributed by atoms with Crippen molar-refractivity contribution in [3.63, 3.8) is 0 Å². The number of hydrogen-bond donors (Lipinski definition) is 0. The first-order chi connectivity index (χ1) is 11.7. The highest BCUT2D eigenvalue weighted by Crippen LogP contribution is 2.26. The fourth-order valence-corrected chi connectivity index (χ4v) is 4.60. The van der Waals surface area contributed by atoms with E-state index in [-0.39, 0.29) is 0 Å². The molecule has 0 aliphatic carbocycles. The number of carbonyl (C=O) groups is 1. The number of unbranched alkanes of at least 4 members (excludes halogenated alkanes) is 10. The van der Waals surface area contributed by atoms with E-state index >= 15 is 0 Å². The third kappa shape index (κ3) is 17.3. The Balaban J connectivity index is 3.95. The fourth-order valence-electron chi connectivity index (χ4n) is 3.00. The van der Waals surface area contributed by atoms with Gasteiger partial charge in [0.1, 0.15) is 0 Å². The van der Waals surface area contributed by atoms with Crippen LogP contribution in [0.4, 0.5) is 0 Å². The lowest BCUT2D eigenvalue weighted by molar-refractivity contribution is -0.111. The number of halogens is 1. The van der Waals surface area contributed by atoms with Gasteiger partial charge in [-0.05, 0) is 25.7 Å². The highest BCUT2D eigenvalue weighted by atomic mass is 79.9. The van der Waals surface area contributed by atoms with Gasteiger partial charge in [-0.3, -0.25) is 4.79 Å². The molecular formula is C21H41BrOS. The molecule has 0 N–H and O–H groups in total. The molecule has 0 aliphatic rings. The van der Waals surface area contributed by atoms with E-state index in [0.717, 1.165) is 18.2 Å². The van der Waals surface area contributed by atoms with Crippen LogP contribution >= 0.6 is 27.7 Å². The van der Waals surface area contributed by atoms with E-state index in [1.807, 2.05) is 0 Å². The first-order valence-corrected chi connectivity index (χ1v) is 12.5. The van der Waals surface area contributed by atoms with E-state index in [9.17, 15) is 4.79 Å². The van der Waals surface area contributed by atoms with Crippen molar-refractivity contribution in [3.05, 3.63) is 0 Å². The predicted octanol–water partition coefficient (Wildman–Crippen LogP) is 8.29. The highest BCUT2D eigenvalue weighted by molar-refractivity contribution is 9.09. The van der Waals surface area contributed by atoms with Gasteiger partial charge in [-0.2, -0.15) is 0 Å². The van der Waals surface area contributed by atoms with Gasteiger partial charge in [-0.1, -0.05) is 112 Å². The van der Waals surface area contributed by atoms with Crippen LogP contribution in [0.25, 0.3) is 0 Å². The molecule has 0 aromatic heterocycles. The number of hydrogen-bond acceptors (Lipinski definition) is 2. The maximum Gasteiger partial charge on any atom is 0.189 e. The highest BCUT2D eigenvalue weighted by Gasteiger charge is 2.14. The normalized spacial score (nSPS) is 12.5. The molecule has 0 saturated carbocycles. The molecule has 1 unspecified atom stereocenters. The number of alkyl halides is 1. The van der Waals surface area contributed by atoms with Gasteiger partial charge in [-0.25, -0.2) is 0 Å². The van der Waals surface area contributed by atoms with Crippen LogP contribution < -0.4 is 0 Å². The Hall–Kier alpha value is 0.500. The summed E-state index contributed by atoms with van der Waals surface area (Å²) in [6.45, 7) is 4.53. The Bertz CT molecular complexity index is 271. The van der Waals surface area contributed by atoms with Gasteiger partial charge in [0, 0.05) is 17.0 Å². The van der Waals surface area contributed by atoms with Crippen molar-refractivity contribution < 1.29 is 4.79 Å². The average Bonchev–Trinajstić information content (AvgIpc) is 2.58. The van der Waals surface area contributed by atoms with Crippen LogP contribution in [0, 0.1) is 0 Å². The van der Waals surface area contributed by atoms with Crippen molar-refractivity contribution >= 4 is 32.8 Å². The molecular weight excluding hydrogens is 380 g/mol. The zero-order chi connectivity index (χ0) is 17.9. The Morgan fingerprint density at radius 2 is 1.25 bits per heavy atom. The SMILES string of the molecule is CCCCCCCCC(CCCCCC)SC(=O)CCCCCBr. The van der Waals surface area contributed by atoms with Gasteiger partial charge in [0.25, 0.3) is 0 Å². The summed E-state index contributed by atoms with van der Waals surface area (Å²) in [6.07, 6.45) is 20.1. The number of carbonyl (C=O) groups excluding carboxylic acids is 1. The standard InChI is InChI=1S/C21H41BrOS/c1-3-5-7-9-10-13-17-20(16-12-8-6-4-2)24-21(23)18-14-11-15-19-22/h20H,3-19H2,1-2H3. The second-order valence-electron chi connectivity index (χ2n) is 7.02. The predicted molar refractivity (Wildman–Crippen MR) is 115 cm³/mol. The summed E-state index contributed by atoms with van der Waals surface area (Å²) >= 11 is 5.14. The van der Waals surface area contributed by atoms with Crippen molar-refractivity contribution in [3.8, 4) is 0 Å². The molecule has 0 aliphatic heterocycles. The first-order valence-electron chi connectivity index (χ1n) is 10.5. The van der Waals surface area contributed by atoms with Gasteiger partial charge < -0.3 is 0 Å². The monoisotopic (exact) mass is 420 g/mol. The number of rotatable bonds is 18. The maximum absolute atomic E-state index is 12.2. The fraction of sp³-hybridized carbons (Fsp3) is 0.952. The van der Waals surface area contributed by atoms with Gasteiger partial charge in [-0.15, -0.1) is 0 Å². The Kier molecular flexibility index (Phi) is 20.2. The average molecular weight is 422 g/mol. The second-order valence-corrected chi connectivity index (χ2v) is 9.17. The van der Waals surface area contributed by atoms with Crippen LogP contribution in [-0.2, 0) is 4.79 Å². The van der Waals surface area contributed by atoms with Crippen molar-refractivity contribution in [2.45, 2.75) is 122 Å². The largest absolute Gasteiger partial charge is 0.287 e. The summed E-state index contributed by atoms with van der Waals surface area (Å²) < 4.78 is 0. The summed E-state index contributed by atoms with van der Waals surface area (Å²) in [4.78, 5) is 12.2. The van der Waals surface area contributed by atoms with Gasteiger partial charge in [0.2, 0.25) is 0 Å². The van der Waals surface area contributed by atoms with E-state index < -0.39 is 0 Å². The molecule has 144 valence electrons. The minimum absolute atomic E-state index is 0.441. The van der Waals surface area contributed by atoms with Crippen LogP contribution in [0.3, 0.4) is 0 Å². The molecule has 0 amide bonds. The third-order valence-corrected chi connectivity index (χ3v) is 6.40. The van der Waals surface area contributed by atoms with E-state index in [1.54, 1.807) is 11.8 Å². The van der Waals surface area contributed by atoms with Crippen LogP contribution in [0.15, 0.2) is 0 Å². The van der Waals surface area contributed by atoms with Crippen LogP contribution in [0.5, 0.6) is 0 Å². The second kappa shape index (κ2) is 19.8. The first kappa shape index (κ1) is 24.5. The van der Waals surface area contributed by atoms with Crippen molar-refractivity contribution in [1.82, 2.24) is 0 Å². The molecule has 0 heterocycles. The lowest BCUT2D eigenvalue weighted by Gasteiger charge is -2.15. The molecule has 0 fully saturated rings. The maximum atomic E-state index is 12.2. The minimum Gasteiger partial charge on any atom is -0.287 e. The molecule has 0 spiro atoms. The quantitative estimate of drug-likeness (QED) is 0.164.